The fraction of sp³-hybridized carbons (Fsp3) is 0.333. The van der Waals surface area contributed by atoms with Crippen LogP contribution in [0.25, 0.3) is 0 Å². The van der Waals surface area contributed by atoms with Crippen molar-refractivity contribution in [2.45, 2.75) is 32.5 Å². The first-order valence-electron chi connectivity index (χ1n) is 6.50. The molecule has 0 aliphatic carbocycles. The van der Waals surface area contributed by atoms with Gasteiger partial charge in [0, 0.05) is 12.1 Å². The Labute approximate surface area is 131 Å². The smallest absolute Gasteiger partial charge is 0.387 e. The third-order valence-electron chi connectivity index (χ3n) is 3.17. The first kappa shape index (κ1) is 16.2. The number of nitrogens with one attached hydrogen (secondary N) is 1. The summed E-state index contributed by atoms with van der Waals surface area (Å²) < 4.78 is 29.6. The second-order valence-corrected chi connectivity index (χ2v) is 6.29. The molecule has 2 nitrogen and oxygen atoms in total. The number of hydrogen-bond acceptors (Lipinski definition) is 3. The van der Waals surface area contributed by atoms with E-state index in [4.69, 9.17) is 11.6 Å². The molecule has 0 spiro atoms. The van der Waals surface area contributed by atoms with E-state index >= 15 is 0 Å². The molecule has 0 bridgehead atoms. The molecule has 0 amide bonds. The van der Waals surface area contributed by atoms with Crippen molar-refractivity contribution in [1.82, 2.24) is 5.32 Å². The Morgan fingerprint density at radius 2 is 1.86 bits per heavy atom. The molecule has 0 fully saturated rings. The van der Waals surface area contributed by atoms with Gasteiger partial charge in [0.2, 0.25) is 0 Å². The van der Waals surface area contributed by atoms with E-state index in [1.807, 2.05) is 31.4 Å². The number of hydrogen-bond donors (Lipinski definition) is 1. The first-order chi connectivity index (χ1) is 9.95. The van der Waals surface area contributed by atoms with Gasteiger partial charge in [0.25, 0.3) is 0 Å². The molecule has 114 valence electrons. The third kappa shape index (κ3) is 4.66. The Morgan fingerprint density at radius 1 is 1.14 bits per heavy atom. The Bertz CT molecular complexity index is 591. The topological polar surface area (TPSA) is 21.3 Å². The summed E-state index contributed by atoms with van der Waals surface area (Å²) in [5.41, 5.74) is 2.00. The average Bonchev–Trinajstić information content (AvgIpc) is 2.85. The van der Waals surface area contributed by atoms with Crippen LogP contribution in [0.5, 0.6) is 5.75 Å². The van der Waals surface area contributed by atoms with E-state index in [0.717, 1.165) is 15.5 Å². The van der Waals surface area contributed by atoms with Crippen LogP contribution in [0, 0.1) is 0 Å². The van der Waals surface area contributed by atoms with Crippen molar-refractivity contribution < 1.29 is 13.5 Å². The van der Waals surface area contributed by atoms with Crippen molar-refractivity contribution in [3.05, 3.63) is 51.2 Å². The monoisotopic (exact) mass is 331 g/mol. The number of alkyl halides is 2. The summed E-state index contributed by atoms with van der Waals surface area (Å²) in [6.07, 6.45) is 0. The maximum absolute atomic E-state index is 12.2. The zero-order valence-electron chi connectivity index (χ0n) is 11.6. The maximum Gasteiger partial charge on any atom is 0.387 e. The van der Waals surface area contributed by atoms with Crippen molar-refractivity contribution >= 4 is 22.9 Å². The van der Waals surface area contributed by atoms with Crippen LogP contribution < -0.4 is 10.1 Å². The van der Waals surface area contributed by atoms with Crippen molar-refractivity contribution in [3.63, 3.8) is 0 Å². The minimum absolute atomic E-state index is 0.0000945. The highest BCUT2D eigenvalue weighted by Crippen LogP contribution is 2.27. The Kier molecular flexibility index (Phi) is 5.56. The number of thiophene rings is 1. The van der Waals surface area contributed by atoms with E-state index in [1.54, 1.807) is 12.1 Å². The summed E-state index contributed by atoms with van der Waals surface area (Å²) in [6, 6.07) is 8.76. The summed E-state index contributed by atoms with van der Waals surface area (Å²) in [5, 5.41) is 5.41. The molecule has 0 aliphatic rings. The van der Waals surface area contributed by atoms with E-state index in [1.165, 1.54) is 17.4 Å². The van der Waals surface area contributed by atoms with Crippen molar-refractivity contribution in [3.8, 4) is 5.75 Å². The summed E-state index contributed by atoms with van der Waals surface area (Å²) in [7, 11) is 0. The largest absolute Gasteiger partial charge is 0.435 e. The molecule has 0 radical (unpaired) electrons. The third-order valence-corrected chi connectivity index (χ3v) is 4.28. The molecule has 21 heavy (non-hydrogen) atoms. The molecule has 2 aromatic rings. The van der Waals surface area contributed by atoms with E-state index in [2.05, 4.69) is 10.1 Å². The molecule has 1 aromatic carbocycles. The lowest BCUT2D eigenvalue weighted by Crippen LogP contribution is -2.22. The number of benzene rings is 1. The normalized spacial score (nSPS) is 14.2. The molecule has 6 heteroatoms. The number of rotatable bonds is 6. The van der Waals surface area contributed by atoms with E-state index < -0.39 is 6.61 Å². The van der Waals surface area contributed by atoms with E-state index in [0.29, 0.717) is 0 Å². The maximum atomic E-state index is 12.2. The minimum Gasteiger partial charge on any atom is -0.435 e. The molecule has 1 aromatic heterocycles. The van der Waals surface area contributed by atoms with Crippen LogP contribution in [0.2, 0.25) is 4.34 Å². The predicted molar refractivity (Wildman–Crippen MR) is 82.4 cm³/mol. The van der Waals surface area contributed by atoms with Gasteiger partial charge in [0.05, 0.1) is 4.34 Å². The molecular formula is C15H16ClF2NOS. The molecule has 2 unspecified atom stereocenters. The van der Waals surface area contributed by atoms with Crippen LogP contribution in [0.15, 0.2) is 35.7 Å². The minimum atomic E-state index is -2.81. The fourth-order valence-corrected chi connectivity index (χ4v) is 3.06. The molecule has 0 saturated carbocycles. The second-order valence-electron chi connectivity index (χ2n) is 4.75. The van der Waals surface area contributed by atoms with Crippen molar-refractivity contribution in [2.75, 3.05) is 0 Å². The standard InChI is InChI=1S/C15H16ClF2NOS/c1-9(19-10(2)12-7-14(16)21-8-12)11-4-3-5-13(6-11)20-15(17)18/h3-10,15,19H,1-2H3. The second kappa shape index (κ2) is 7.20. The van der Waals surface area contributed by atoms with Crippen molar-refractivity contribution in [2.24, 2.45) is 0 Å². The molecule has 2 atom stereocenters. The lowest BCUT2D eigenvalue weighted by Gasteiger charge is -2.20. The first-order valence-corrected chi connectivity index (χ1v) is 7.76. The van der Waals surface area contributed by atoms with Crippen LogP contribution in [-0.4, -0.2) is 6.61 Å². The quantitative estimate of drug-likeness (QED) is 0.763. The molecule has 0 aliphatic heterocycles. The Morgan fingerprint density at radius 3 is 2.48 bits per heavy atom. The van der Waals surface area contributed by atoms with Gasteiger partial charge in [-0.15, -0.1) is 11.3 Å². The lowest BCUT2D eigenvalue weighted by molar-refractivity contribution is -0.0499. The zero-order chi connectivity index (χ0) is 15.4. The van der Waals surface area contributed by atoms with Crippen molar-refractivity contribution in [1.29, 1.82) is 0 Å². The number of halogens is 3. The Hall–Kier alpha value is -1.17. The van der Waals surface area contributed by atoms with Gasteiger partial charge in [0.1, 0.15) is 5.75 Å². The van der Waals surface area contributed by atoms with Crippen LogP contribution in [0.1, 0.15) is 37.1 Å². The number of ether oxygens (including phenoxy) is 1. The van der Waals surface area contributed by atoms with Gasteiger partial charge >= 0.3 is 6.61 Å². The molecule has 0 saturated heterocycles. The molecule has 2 rings (SSSR count). The highest BCUT2D eigenvalue weighted by molar-refractivity contribution is 7.14. The van der Waals surface area contributed by atoms with Gasteiger partial charge in [-0.2, -0.15) is 8.78 Å². The highest BCUT2D eigenvalue weighted by Gasteiger charge is 2.13. The van der Waals surface area contributed by atoms with E-state index in [9.17, 15) is 8.78 Å². The van der Waals surface area contributed by atoms with Crippen LogP contribution in [0.4, 0.5) is 8.78 Å². The van der Waals surface area contributed by atoms with E-state index in [-0.39, 0.29) is 17.8 Å². The Balaban J connectivity index is 2.04. The summed E-state index contributed by atoms with van der Waals surface area (Å²) in [6.45, 7) is 1.20. The predicted octanol–water partition coefficient (Wildman–Crippen LogP) is 5.41. The SMILES string of the molecule is CC(NC(C)c1csc(Cl)c1)c1cccc(OC(F)F)c1. The van der Waals surface area contributed by atoms with Gasteiger partial charge in [-0.1, -0.05) is 23.7 Å². The van der Waals surface area contributed by atoms with Gasteiger partial charge < -0.3 is 10.1 Å². The highest BCUT2D eigenvalue weighted by atomic mass is 35.5. The van der Waals surface area contributed by atoms with Gasteiger partial charge in [0.15, 0.2) is 0 Å². The lowest BCUT2D eigenvalue weighted by atomic mass is 10.1. The molecule has 1 N–H and O–H groups in total. The fourth-order valence-electron chi connectivity index (χ4n) is 2.08. The molecule has 1 heterocycles. The average molecular weight is 332 g/mol. The zero-order valence-corrected chi connectivity index (χ0v) is 13.2. The van der Waals surface area contributed by atoms with Crippen LogP contribution in [-0.2, 0) is 0 Å². The van der Waals surface area contributed by atoms with Crippen LogP contribution in [0.3, 0.4) is 0 Å². The van der Waals surface area contributed by atoms with Gasteiger partial charge in [-0.05, 0) is 48.6 Å². The summed E-state index contributed by atoms with van der Waals surface area (Å²) in [4.78, 5) is 0. The summed E-state index contributed by atoms with van der Waals surface area (Å²) in [5.74, 6) is 0.169. The molecular weight excluding hydrogens is 316 g/mol. The van der Waals surface area contributed by atoms with Crippen LogP contribution >= 0.6 is 22.9 Å². The van der Waals surface area contributed by atoms with Gasteiger partial charge in [-0.25, -0.2) is 0 Å². The summed E-state index contributed by atoms with van der Waals surface area (Å²) >= 11 is 7.42. The van der Waals surface area contributed by atoms with Gasteiger partial charge in [-0.3, -0.25) is 0 Å².